The summed E-state index contributed by atoms with van der Waals surface area (Å²) >= 11 is 0. The fourth-order valence-corrected chi connectivity index (χ4v) is 3.18. The third-order valence-electron chi connectivity index (χ3n) is 4.61. The van der Waals surface area contributed by atoms with Gasteiger partial charge in [0.1, 0.15) is 6.04 Å². The molecule has 1 saturated carbocycles. The average Bonchev–Trinajstić information content (AvgIpc) is 2.53. The fraction of sp³-hybridized carbons (Fsp3) is 0.556. The lowest BCUT2D eigenvalue weighted by molar-refractivity contribution is -0.149. The standard InChI is InChI=1S/C18H25NO3/c1-19(17(20)13-15-10-6-3-7-11-15)16(18(21)22)12-14-8-4-2-5-9-14/h2,4-5,8-9,15-16H,3,6-7,10-13H2,1H3,(H,21,22). The molecule has 1 aromatic carbocycles. The summed E-state index contributed by atoms with van der Waals surface area (Å²) < 4.78 is 0. The molecule has 0 bridgehead atoms. The van der Waals surface area contributed by atoms with E-state index in [9.17, 15) is 14.7 Å². The predicted molar refractivity (Wildman–Crippen MR) is 85.5 cm³/mol. The zero-order valence-electron chi connectivity index (χ0n) is 13.2. The molecule has 2 rings (SSSR count). The normalized spacial score (nSPS) is 17.0. The summed E-state index contributed by atoms with van der Waals surface area (Å²) in [6.07, 6.45) is 6.65. The van der Waals surface area contributed by atoms with Crippen molar-refractivity contribution >= 4 is 11.9 Å². The molecule has 0 radical (unpaired) electrons. The van der Waals surface area contributed by atoms with Gasteiger partial charge in [-0.15, -0.1) is 0 Å². The number of carbonyl (C=O) groups is 2. The molecule has 1 fully saturated rings. The van der Waals surface area contributed by atoms with E-state index in [4.69, 9.17) is 0 Å². The van der Waals surface area contributed by atoms with Gasteiger partial charge in [-0.2, -0.15) is 0 Å². The van der Waals surface area contributed by atoms with Gasteiger partial charge in [-0.25, -0.2) is 4.79 Å². The maximum absolute atomic E-state index is 12.4. The lowest BCUT2D eigenvalue weighted by atomic mass is 9.86. The van der Waals surface area contributed by atoms with Gasteiger partial charge >= 0.3 is 5.97 Å². The van der Waals surface area contributed by atoms with Crippen LogP contribution in [0.1, 0.15) is 44.1 Å². The molecule has 1 aliphatic rings. The molecule has 120 valence electrons. The second-order valence-electron chi connectivity index (χ2n) is 6.26. The molecule has 0 heterocycles. The summed E-state index contributed by atoms with van der Waals surface area (Å²) in [4.78, 5) is 25.4. The maximum Gasteiger partial charge on any atom is 0.326 e. The zero-order valence-corrected chi connectivity index (χ0v) is 13.2. The SMILES string of the molecule is CN(C(=O)CC1CCCCC1)C(Cc1ccccc1)C(=O)O. The molecule has 1 aliphatic carbocycles. The Kier molecular flexibility index (Phi) is 5.99. The van der Waals surface area contributed by atoms with E-state index in [0.717, 1.165) is 18.4 Å². The first kappa shape index (κ1) is 16.5. The van der Waals surface area contributed by atoms with Crippen molar-refractivity contribution in [3.05, 3.63) is 35.9 Å². The molecule has 4 heteroatoms. The van der Waals surface area contributed by atoms with E-state index in [1.807, 2.05) is 30.3 Å². The number of hydrogen-bond donors (Lipinski definition) is 1. The Hall–Kier alpha value is -1.84. The van der Waals surface area contributed by atoms with Crippen LogP contribution in [0.25, 0.3) is 0 Å². The van der Waals surface area contributed by atoms with Gasteiger partial charge < -0.3 is 10.0 Å². The monoisotopic (exact) mass is 303 g/mol. The van der Waals surface area contributed by atoms with Crippen molar-refractivity contribution in [3.8, 4) is 0 Å². The highest BCUT2D eigenvalue weighted by atomic mass is 16.4. The largest absolute Gasteiger partial charge is 0.480 e. The third-order valence-corrected chi connectivity index (χ3v) is 4.61. The number of amides is 1. The Morgan fingerprint density at radius 2 is 1.82 bits per heavy atom. The molecule has 1 amide bonds. The Morgan fingerprint density at radius 3 is 2.41 bits per heavy atom. The minimum absolute atomic E-state index is 0.0461. The van der Waals surface area contributed by atoms with Crippen molar-refractivity contribution < 1.29 is 14.7 Å². The van der Waals surface area contributed by atoms with Crippen LogP contribution in [-0.2, 0) is 16.0 Å². The van der Waals surface area contributed by atoms with Crippen LogP contribution in [0.2, 0.25) is 0 Å². The molecule has 0 aromatic heterocycles. The number of carboxylic acids is 1. The van der Waals surface area contributed by atoms with Crippen molar-refractivity contribution in [3.63, 3.8) is 0 Å². The molecule has 22 heavy (non-hydrogen) atoms. The van der Waals surface area contributed by atoms with E-state index < -0.39 is 12.0 Å². The first-order chi connectivity index (χ1) is 10.6. The lowest BCUT2D eigenvalue weighted by Crippen LogP contribution is -2.44. The summed E-state index contributed by atoms with van der Waals surface area (Å²) in [6, 6.07) is 8.68. The fourth-order valence-electron chi connectivity index (χ4n) is 3.18. The summed E-state index contributed by atoms with van der Waals surface area (Å²) in [5.74, 6) is -0.562. The van der Waals surface area contributed by atoms with Gasteiger partial charge in [0.05, 0.1) is 0 Å². The smallest absolute Gasteiger partial charge is 0.326 e. The topological polar surface area (TPSA) is 57.6 Å². The number of carboxylic acid groups (broad SMARTS) is 1. The number of nitrogens with zero attached hydrogens (tertiary/aromatic N) is 1. The average molecular weight is 303 g/mol. The van der Waals surface area contributed by atoms with Gasteiger partial charge in [0.25, 0.3) is 0 Å². The summed E-state index contributed by atoms with van der Waals surface area (Å²) in [7, 11) is 1.62. The number of carbonyl (C=O) groups excluding carboxylic acids is 1. The molecule has 0 saturated heterocycles. The van der Waals surface area contributed by atoms with Crippen molar-refractivity contribution in [1.82, 2.24) is 4.90 Å². The molecule has 0 aliphatic heterocycles. The molecular weight excluding hydrogens is 278 g/mol. The second kappa shape index (κ2) is 7.97. The van der Waals surface area contributed by atoms with Gasteiger partial charge in [0.2, 0.25) is 5.91 Å². The zero-order chi connectivity index (χ0) is 15.9. The Morgan fingerprint density at radius 1 is 1.18 bits per heavy atom. The first-order valence-electron chi connectivity index (χ1n) is 8.10. The van der Waals surface area contributed by atoms with Crippen LogP contribution < -0.4 is 0 Å². The van der Waals surface area contributed by atoms with Crippen LogP contribution in [0, 0.1) is 5.92 Å². The van der Waals surface area contributed by atoms with E-state index in [1.165, 1.54) is 24.2 Å². The molecule has 1 N–H and O–H groups in total. The molecule has 1 aromatic rings. The van der Waals surface area contributed by atoms with Gasteiger partial charge in [-0.1, -0.05) is 49.6 Å². The first-order valence-corrected chi connectivity index (χ1v) is 8.10. The van der Waals surface area contributed by atoms with Crippen LogP contribution in [0.4, 0.5) is 0 Å². The highest BCUT2D eigenvalue weighted by Gasteiger charge is 2.28. The van der Waals surface area contributed by atoms with E-state index >= 15 is 0 Å². The summed E-state index contributed by atoms with van der Waals surface area (Å²) in [5.41, 5.74) is 0.937. The predicted octanol–water partition coefficient (Wildman–Crippen LogP) is 3.11. The number of benzene rings is 1. The molecule has 4 nitrogen and oxygen atoms in total. The highest BCUT2D eigenvalue weighted by molar-refractivity contribution is 5.83. The van der Waals surface area contributed by atoms with Crippen LogP contribution >= 0.6 is 0 Å². The number of hydrogen-bond acceptors (Lipinski definition) is 2. The van der Waals surface area contributed by atoms with Crippen molar-refractivity contribution in [2.24, 2.45) is 5.92 Å². The Balaban J connectivity index is 1.97. The lowest BCUT2D eigenvalue weighted by Gasteiger charge is -2.28. The molecule has 1 atom stereocenters. The van der Waals surface area contributed by atoms with Gasteiger partial charge in [0.15, 0.2) is 0 Å². The molecular formula is C18H25NO3. The number of rotatable bonds is 6. The van der Waals surface area contributed by atoms with Crippen LogP contribution in [0.3, 0.4) is 0 Å². The molecule has 1 unspecified atom stereocenters. The van der Waals surface area contributed by atoms with Crippen LogP contribution in [0.5, 0.6) is 0 Å². The maximum atomic E-state index is 12.4. The van der Waals surface area contributed by atoms with Crippen molar-refractivity contribution in [2.45, 2.75) is 51.0 Å². The van der Waals surface area contributed by atoms with E-state index in [2.05, 4.69) is 0 Å². The van der Waals surface area contributed by atoms with E-state index in [-0.39, 0.29) is 5.91 Å². The van der Waals surface area contributed by atoms with Gasteiger partial charge in [-0.3, -0.25) is 4.79 Å². The highest BCUT2D eigenvalue weighted by Crippen LogP contribution is 2.27. The molecule has 0 spiro atoms. The Labute approximate surface area is 132 Å². The van der Waals surface area contributed by atoms with Crippen molar-refractivity contribution in [2.75, 3.05) is 7.05 Å². The quantitative estimate of drug-likeness (QED) is 0.878. The number of aliphatic carboxylic acids is 1. The third kappa shape index (κ3) is 4.58. The van der Waals surface area contributed by atoms with Crippen molar-refractivity contribution in [1.29, 1.82) is 0 Å². The second-order valence-corrected chi connectivity index (χ2v) is 6.26. The Bertz CT molecular complexity index is 494. The number of likely N-dealkylation sites (N-methyl/N-ethyl adjacent to an activating group) is 1. The summed E-state index contributed by atoms with van der Waals surface area (Å²) in [6.45, 7) is 0. The minimum Gasteiger partial charge on any atom is -0.480 e. The van der Waals surface area contributed by atoms with E-state index in [0.29, 0.717) is 18.8 Å². The van der Waals surface area contributed by atoms with Crippen LogP contribution in [0.15, 0.2) is 30.3 Å². The van der Waals surface area contributed by atoms with E-state index in [1.54, 1.807) is 7.05 Å². The van der Waals surface area contributed by atoms with Crippen LogP contribution in [-0.4, -0.2) is 35.0 Å². The van der Waals surface area contributed by atoms with Gasteiger partial charge in [-0.05, 0) is 24.3 Å². The minimum atomic E-state index is -0.941. The van der Waals surface area contributed by atoms with Gasteiger partial charge in [0, 0.05) is 19.9 Å². The summed E-state index contributed by atoms with van der Waals surface area (Å²) in [5, 5.41) is 9.47.